The number of nitrogens with one attached hydrogen (secondary N) is 1. The first-order valence-corrected chi connectivity index (χ1v) is 5.96. The SMILES string of the molecule is CCNC(c1cn(C)nc1C)C1CCC1. The van der Waals surface area contributed by atoms with E-state index in [0.29, 0.717) is 6.04 Å². The van der Waals surface area contributed by atoms with Crippen LogP contribution < -0.4 is 5.32 Å². The Labute approximate surface area is 91.9 Å². The smallest absolute Gasteiger partial charge is 0.0641 e. The van der Waals surface area contributed by atoms with Crippen molar-refractivity contribution < 1.29 is 0 Å². The number of hydrogen-bond donors (Lipinski definition) is 1. The summed E-state index contributed by atoms with van der Waals surface area (Å²) in [4.78, 5) is 0. The lowest BCUT2D eigenvalue weighted by atomic mass is 9.77. The lowest BCUT2D eigenvalue weighted by Crippen LogP contribution is -2.32. The number of aryl methyl sites for hydroxylation is 2. The minimum Gasteiger partial charge on any atom is -0.310 e. The van der Waals surface area contributed by atoms with Gasteiger partial charge in [0.15, 0.2) is 0 Å². The Balaban J connectivity index is 2.19. The van der Waals surface area contributed by atoms with E-state index in [-0.39, 0.29) is 0 Å². The topological polar surface area (TPSA) is 29.9 Å². The lowest BCUT2D eigenvalue weighted by Gasteiger charge is -2.34. The van der Waals surface area contributed by atoms with Crippen LogP contribution in [0.5, 0.6) is 0 Å². The fraction of sp³-hybridized carbons (Fsp3) is 0.750. The standard InChI is InChI=1S/C12H21N3/c1-4-13-12(10-6-5-7-10)11-8-15(3)14-9(11)2/h8,10,12-13H,4-7H2,1-3H3. The van der Waals surface area contributed by atoms with E-state index in [9.17, 15) is 0 Å². The molecule has 0 saturated heterocycles. The minimum absolute atomic E-state index is 0.525. The van der Waals surface area contributed by atoms with Crippen molar-refractivity contribution in [1.29, 1.82) is 0 Å². The Morgan fingerprint density at radius 1 is 1.60 bits per heavy atom. The molecule has 0 aromatic carbocycles. The predicted octanol–water partition coefficient (Wildman–Crippen LogP) is 2.18. The van der Waals surface area contributed by atoms with Crippen LogP contribution in [0.2, 0.25) is 0 Å². The minimum atomic E-state index is 0.525. The molecule has 3 nitrogen and oxygen atoms in total. The maximum atomic E-state index is 4.43. The molecular weight excluding hydrogens is 186 g/mol. The van der Waals surface area contributed by atoms with Crippen molar-refractivity contribution in [3.8, 4) is 0 Å². The van der Waals surface area contributed by atoms with E-state index in [2.05, 4.69) is 30.5 Å². The van der Waals surface area contributed by atoms with Gasteiger partial charge >= 0.3 is 0 Å². The second kappa shape index (κ2) is 4.35. The van der Waals surface area contributed by atoms with Gasteiger partial charge in [0, 0.05) is 24.8 Å². The van der Waals surface area contributed by atoms with Gasteiger partial charge in [0.25, 0.3) is 0 Å². The molecule has 0 spiro atoms. The van der Waals surface area contributed by atoms with Crippen LogP contribution in [-0.2, 0) is 7.05 Å². The largest absolute Gasteiger partial charge is 0.310 e. The molecule has 1 aromatic rings. The highest BCUT2D eigenvalue weighted by atomic mass is 15.3. The molecule has 0 aliphatic heterocycles. The van der Waals surface area contributed by atoms with Gasteiger partial charge in [0.1, 0.15) is 0 Å². The number of aromatic nitrogens is 2. The summed E-state index contributed by atoms with van der Waals surface area (Å²) < 4.78 is 1.92. The normalized spacial score (nSPS) is 18.9. The van der Waals surface area contributed by atoms with E-state index in [4.69, 9.17) is 0 Å². The molecule has 1 aromatic heterocycles. The maximum absolute atomic E-state index is 4.43. The third-order valence-corrected chi connectivity index (χ3v) is 3.43. The van der Waals surface area contributed by atoms with Crippen molar-refractivity contribution >= 4 is 0 Å². The van der Waals surface area contributed by atoms with Crippen LogP contribution in [0.3, 0.4) is 0 Å². The molecular formula is C12H21N3. The molecule has 2 rings (SSSR count). The molecule has 0 bridgehead atoms. The zero-order valence-corrected chi connectivity index (χ0v) is 9.95. The van der Waals surface area contributed by atoms with E-state index in [1.54, 1.807) is 0 Å². The number of hydrogen-bond acceptors (Lipinski definition) is 2. The number of nitrogens with zero attached hydrogens (tertiary/aromatic N) is 2. The zero-order valence-electron chi connectivity index (χ0n) is 9.95. The second-order valence-electron chi connectivity index (χ2n) is 4.57. The molecule has 84 valence electrons. The molecule has 1 saturated carbocycles. The quantitative estimate of drug-likeness (QED) is 0.820. The third kappa shape index (κ3) is 2.07. The van der Waals surface area contributed by atoms with E-state index in [1.807, 2.05) is 11.7 Å². The molecule has 1 unspecified atom stereocenters. The summed E-state index contributed by atoms with van der Waals surface area (Å²) in [7, 11) is 2.00. The number of rotatable bonds is 4. The van der Waals surface area contributed by atoms with Crippen LogP contribution in [-0.4, -0.2) is 16.3 Å². The van der Waals surface area contributed by atoms with E-state index >= 15 is 0 Å². The van der Waals surface area contributed by atoms with Gasteiger partial charge in [-0.2, -0.15) is 5.10 Å². The fourth-order valence-electron chi connectivity index (χ4n) is 2.45. The Morgan fingerprint density at radius 2 is 2.33 bits per heavy atom. The van der Waals surface area contributed by atoms with Crippen LogP contribution in [0.25, 0.3) is 0 Å². The molecule has 1 heterocycles. The average molecular weight is 207 g/mol. The first kappa shape index (κ1) is 10.7. The van der Waals surface area contributed by atoms with Crippen molar-refractivity contribution in [2.45, 2.75) is 39.2 Å². The summed E-state index contributed by atoms with van der Waals surface area (Å²) in [6.45, 7) is 5.32. The Kier molecular flexibility index (Phi) is 3.10. The van der Waals surface area contributed by atoms with Crippen LogP contribution >= 0.6 is 0 Å². The summed E-state index contributed by atoms with van der Waals surface area (Å²) in [6, 6.07) is 0.525. The summed E-state index contributed by atoms with van der Waals surface area (Å²) in [5.74, 6) is 0.827. The molecule has 0 amide bonds. The van der Waals surface area contributed by atoms with Crippen molar-refractivity contribution in [1.82, 2.24) is 15.1 Å². The van der Waals surface area contributed by atoms with Gasteiger partial charge in [-0.3, -0.25) is 4.68 Å². The van der Waals surface area contributed by atoms with Gasteiger partial charge in [0.2, 0.25) is 0 Å². The molecule has 1 aliphatic rings. The molecule has 15 heavy (non-hydrogen) atoms. The third-order valence-electron chi connectivity index (χ3n) is 3.43. The molecule has 1 fully saturated rings. The summed E-state index contributed by atoms with van der Waals surface area (Å²) >= 11 is 0. The van der Waals surface area contributed by atoms with Crippen molar-refractivity contribution in [2.75, 3.05) is 6.54 Å². The molecule has 1 atom stereocenters. The molecule has 0 radical (unpaired) electrons. The van der Waals surface area contributed by atoms with Gasteiger partial charge < -0.3 is 5.32 Å². The van der Waals surface area contributed by atoms with Gasteiger partial charge in [0.05, 0.1) is 5.69 Å². The van der Waals surface area contributed by atoms with Gasteiger partial charge in [-0.25, -0.2) is 0 Å². The maximum Gasteiger partial charge on any atom is 0.0641 e. The molecule has 1 aliphatic carbocycles. The Morgan fingerprint density at radius 3 is 2.73 bits per heavy atom. The highest BCUT2D eigenvalue weighted by Gasteiger charge is 2.29. The van der Waals surface area contributed by atoms with Gasteiger partial charge in [-0.15, -0.1) is 0 Å². The zero-order chi connectivity index (χ0) is 10.8. The highest BCUT2D eigenvalue weighted by Crippen LogP contribution is 2.38. The average Bonchev–Trinajstić information content (AvgIpc) is 2.41. The first-order chi connectivity index (χ1) is 7.22. The predicted molar refractivity (Wildman–Crippen MR) is 61.7 cm³/mol. The summed E-state index contributed by atoms with van der Waals surface area (Å²) in [5.41, 5.74) is 2.57. The van der Waals surface area contributed by atoms with Crippen LogP contribution in [0.15, 0.2) is 6.20 Å². The van der Waals surface area contributed by atoms with E-state index in [1.165, 1.54) is 30.5 Å². The second-order valence-corrected chi connectivity index (χ2v) is 4.57. The Bertz CT molecular complexity index is 326. The fourth-order valence-corrected chi connectivity index (χ4v) is 2.45. The van der Waals surface area contributed by atoms with Crippen molar-refractivity contribution in [3.63, 3.8) is 0 Å². The van der Waals surface area contributed by atoms with Gasteiger partial charge in [-0.05, 0) is 32.2 Å². The lowest BCUT2D eigenvalue weighted by molar-refractivity contribution is 0.232. The van der Waals surface area contributed by atoms with Crippen LogP contribution in [0.4, 0.5) is 0 Å². The van der Waals surface area contributed by atoms with Gasteiger partial charge in [-0.1, -0.05) is 13.3 Å². The van der Waals surface area contributed by atoms with Crippen molar-refractivity contribution in [3.05, 3.63) is 17.5 Å². The highest BCUT2D eigenvalue weighted by molar-refractivity contribution is 5.21. The summed E-state index contributed by atoms with van der Waals surface area (Å²) in [5, 5.41) is 8.03. The summed E-state index contributed by atoms with van der Waals surface area (Å²) in [6.07, 6.45) is 6.30. The molecule has 3 heteroatoms. The first-order valence-electron chi connectivity index (χ1n) is 5.96. The monoisotopic (exact) mass is 207 g/mol. The van der Waals surface area contributed by atoms with Crippen LogP contribution in [0.1, 0.15) is 43.5 Å². The Hall–Kier alpha value is -0.830. The molecule has 1 N–H and O–H groups in total. The van der Waals surface area contributed by atoms with E-state index in [0.717, 1.165) is 12.5 Å². The van der Waals surface area contributed by atoms with Crippen molar-refractivity contribution in [2.24, 2.45) is 13.0 Å². The van der Waals surface area contributed by atoms with E-state index < -0.39 is 0 Å². The van der Waals surface area contributed by atoms with Crippen LogP contribution in [0, 0.1) is 12.8 Å².